The number of rotatable bonds is 5. The van der Waals surface area contributed by atoms with Gasteiger partial charge in [-0.3, -0.25) is 14.5 Å². The van der Waals surface area contributed by atoms with Crippen LogP contribution in [0.1, 0.15) is 44.1 Å². The molecule has 1 atom stereocenters. The molecule has 0 spiro atoms. The van der Waals surface area contributed by atoms with Gasteiger partial charge < -0.3 is 10.6 Å². The number of nitrogens with zero attached hydrogens (tertiary/aromatic N) is 1. The van der Waals surface area contributed by atoms with Crippen molar-refractivity contribution in [3.05, 3.63) is 35.9 Å². The van der Waals surface area contributed by atoms with E-state index in [0.29, 0.717) is 31.0 Å². The quantitative estimate of drug-likeness (QED) is 0.823. The standard InChI is InChI=1S/C23H31N3O2/c27-21(25-22-18-9-16-8-17(11-18)12-19(22)10-16)13-20-23(28)24-6-7-26(20)14-15-4-2-1-3-5-15/h1-5,16-20,22H,6-14H2,(H,24,28)(H,25,27)/t16?,17?,18?,19?,20-,22?/m1/s1. The lowest BCUT2D eigenvalue weighted by Crippen LogP contribution is -2.59. The van der Waals surface area contributed by atoms with E-state index in [1.54, 1.807) is 0 Å². The highest BCUT2D eigenvalue weighted by Crippen LogP contribution is 2.53. The van der Waals surface area contributed by atoms with Crippen LogP contribution in [0, 0.1) is 23.7 Å². The number of piperazine rings is 1. The molecular weight excluding hydrogens is 350 g/mol. The van der Waals surface area contributed by atoms with Crippen molar-refractivity contribution in [2.24, 2.45) is 23.7 Å². The molecule has 2 N–H and O–H groups in total. The molecule has 6 rings (SSSR count). The van der Waals surface area contributed by atoms with E-state index < -0.39 is 0 Å². The number of hydrogen-bond acceptors (Lipinski definition) is 3. The molecule has 4 saturated carbocycles. The van der Waals surface area contributed by atoms with Crippen LogP contribution in [0.3, 0.4) is 0 Å². The fraction of sp³-hybridized carbons (Fsp3) is 0.652. The topological polar surface area (TPSA) is 61.4 Å². The lowest BCUT2D eigenvalue weighted by atomic mass is 9.54. The van der Waals surface area contributed by atoms with Gasteiger partial charge in [0.2, 0.25) is 11.8 Å². The van der Waals surface area contributed by atoms with Gasteiger partial charge in [0.15, 0.2) is 0 Å². The van der Waals surface area contributed by atoms with Crippen LogP contribution in [0.25, 0.3) is 0 Å². The van der Waals surface area contributed by atoms with Gasteiger partial charge in [0.05, 0.1) is 12.5 Å². The monoisotopic (exact) mass is 381 g/mol. The SMILES string of the molecule is O=C(C[C@@H]1C(=O)NCCN1Cc1ccccc1)NC1C2CC3CC(C2)CC1C3. The van der Waals surface area contributed by atoms with Crippen LogP contribution in [0.15, 0.2) is 30.3 Å². The molecule has 28 heavy (non-hydrogen) atoms. The summed E-state index contributed by atoms with van der Waals surface area (Å²) < 4.78 is 0. The van der Waals surface area contributed by atoms with Crippen molar-refractivity contribution in [2.45, 2.75) is 57.2 Å². The Bertz CT molecular complexity index is 707. The Hall–Kier alpha value is -1.88. The van der Waals surface area contributed by atoms with Crippen molar-refractivity contribution in [1.29, 1.82) is 0 Å². The number of carbonyl (C=O) groups is 2. The minimum atomic E-state index is -0.370. The van der Waals surface area contributed by atoms with Gasteiger partial charge in [-0.25, -0.2) is 0 Å². The summed E-state index contributed by atoms with van der Waals surface area (Å²) in [6.45, 7) is 2.15. The van der Waals surface area contributed by atoms with E-state index in [2.05, 4.69) is 27.7 Å². The van der Waals surface area contributed by atoms with Crippen LogP contribution >= 0.6 is 0 Å². The Morgan fingerprint density at radius 2 is 1.71 bits per heavy atom. The summed E-state index contributed by atoms with van der Waals surface area (Å²) in [4.78, 5) is 27.6. The summed E-state index contributed by atoms with van der Waals surface area (Å²) >= 11 is 0. The summed E-state index contributed by atoms with van der Waals surface area (Å²) in [5.41, 5.74) is 1.18. The maximum atomic E-state index is 12.9. The van der Waals surface area contributed by atoms with Crippen LogP contribution in [-0.4, -0.2) is 41.9 Å². The van der Waals surface area contributed by atoms with Crippen molar-refractivity contribution in [1.82, 2.24) is 15.5 Å². The Balaban J connectivity index is 1.23. The van der Waals surface area contributed by atoms with Crippen LogP contribution in [0.2, 0.25) is 0 Å². The first-order valence-electron chi connectivity index (χ1n) is 11.0. The van der Waals surface area contributed by atoms with Crippen molar-refractivity contribution < 1.29 is 9.59 Å². The highest BCUT2D eigenvalue weighted by Gasteiger charge is 2.48. The molecule has 1 aromatic carbocycles. The number of nitrogens with one attached hydrogen (secondary N) is 2. The van der Waals surface area contributed by atoms with E-state index in [9.17, 15) is 9.59 Å². The number of hydrogen-bond donors (Lipinski definition) is 2. The lowest BCUT2D eigenvalue weighted by Gasteiger charge is -2.54. The van der Waals surface area contributed by atoms with Crippen molar-refractivity contribution in [2.75, 3.05) is 13.1 Å². The average Bonchev–Trinajstić information content (AvgIpc) is 2.68. The summed E-state index contributed by atoms with van der Waals surface area (Å²) in [5.74, 6) is 3.18. The zero-order valence-electron chi connectivity index (χ0n) is 16.5. The van der Waals surface area contributed by atoms with Gasteiger partial charge >= 0.3 is 0 Å². The lowest BCUT2D eigenvalue weighted by molar-refractivity contribution is -0.135. The van der Waals surface area contributed by atoms with Crippen LogP contribution < -0.4 is 10.6 Å². The Morgan fingerprint density at radius 3 is 2.39 bits per heavy atom. The third-order valence-corrected chi connectivity index (χ3v) is 7.60. The second-order valence-electron chi connectivity index (χ2n) is 9.49. The molecule has 5 heteroatoms. The summed E-state index contributed by atoms with van der Waals surface area (Å²) in [6.07, 6.45) is 6.86. The number of benzene rings is 1. The molecule has 150 valence electrons. The van der Waals surface area contributed by atoms with Gasteiger partial charge in [-0.15, -0.1) is 0 Å². The molecule has 4 bridgehead atoms. The zero-order valence-corrected chi connectivity index (χ0v) is 16.5. The van der Waals surface area contributed by atoms with E-state index in [4.69, 9.17) is 0 Å². The fourth-order valence-electron chi connectivity index (χ4n) is 6.57. The zero-order chi connectivity index (χ0) is 19.1. The third-order valence-electron chi connectivity index (χ3n) is 7.60. The second-order valence-corrected chi connectivity index (χ2v) is 9.49. The van der Waals surface area contributed by atoms with Crippen molar-refractivity contribution >= 4 is 11.8 Å². The number of amides is 2. The molecule has 5 aliphatic rings. The molecule has 0 aromatic heterocycles. The highest BCUT2D eigenvalue weighted by molar-refractivity contribution is 5.89. The van der Waals surface area contributed by atoms with Crippen molar-refractivity contribution in [3.63, 3.8) is 0 Å². The maximum Gasteiger partial charge on any atom is 0.237 e. The van der Waals surface area contributed by atoms with E-state index in [1.165, 1.54) is 37.7 Å². The van der Waals surface area contributed by atoms with Gasteiger partial charge in [-0.2, -0.15) is 0 Å². The summed E-state index contributed by atoms with van der Waals surface area (Å²) in [5, 5.41) is 6.32. The fourth-order valence-corrected chi connectivity index (χ4v) is 6.57. The van der Waals surface area contributed by atoms with Crippen molar-refractivity contribution in [3.8, 4) is 0 Å². The Morgan fingerprint density at radius 1 is 1.04 bits per heavy atom. The predicted octanol–water partition coefficient (Wildman–Crippen LogP) is 2.32. The van der Waals surface area contributed by atoms with Gasteiger partial charge in [0, 0.05) is 25.7 Å². The van der Waals surface area contributed by atoms with E-state index in [-0.39, 0.29) is 24.3 Å². The highest BCUT2D eigenvalue weighted by atomic mass is 16.2. The molecule has 1 heterocycles. The first kappa shape index (κ1) is 18.2. The smallest absolute Gasteiger partial charge is 0.237 e. The summed E-state index contributed by atoms with van der Waals surface area (Å²) in [6, 6.07) is 10.2. The Kier molecular flexibility index (Phi) is 4.87. The van der Waals surface area contributed by atoms with Gasteiger partial charge in [0.1, 0.15) is 0 Å². The molecule has 4 aliphatic carbocycles. The molecule has 0 radical (unpaired) electrons. The van der Waals surface area contributed by atoms with E-state index >= 15 is 0 Å². The van der Waals surface area contributed by atoms with E-state index in [0.717, 1.165) is 18.4 Å². The largest absolute Gasteiger partial charge is 0.353 e. The molecular formula is C23H31N3O2. The first-order valence-corrected chi connectivity index (χ1v) is 11.0. The first-order chi connectivity index (χ1) is 13.7. The summed E-state index contributed by atoms with van der Waals surface area (Å²) in [7, 11) is 0. The molecule has 1 saturated heterocycles. The minimum Gasteiger partial charge on any atom is -0.353 e. The van der Waals surface area contributed by atoms with Crippen LogP contribution in [-0.2, 0) is 16.1 Å². The normalized spacial score (nSPS) is 36.9. The van der Waals surface area contributed by atoms with E-state index in [1.807, 2.05) is 18.2 Å². The number of carbonyl (C=O) groups excluding carboxylic acids is 2. The maximum absolute atomic E-state index is 12.9. The van der Waals surface area contributed by atoms with Crippen LogP contribution in [0.5, 0.6) is 0 Å². The van der Waals surface area contributed by atoms with Gasteiger partial charge in [0.25, 0.3) is 0 Å². The van der Waals surface area contributed by atoms with Gasteiger partial charge in [-0.05, 0) is 61.3 Å². The molecule has 2 amide bonds. The molecule has 5 nitrogen and oxygen atoms in total. The molecule has 5 fully saturated rings. The Labute approximate surface area is 167 Å². The average molecular weight is 382 g/mol. The van der Waals surface area contributed by atoms with Gasteiger partial charge in [-0.1, -0.05) is 30.3 Å². The molecule has 1 aromatic rings. The van der Waals surface area contributed by atoms with Crippen LogP contribution in [0.4, 0.5) is 0 Å². The molecule has 0 unspecified atom stereocenters. The molecule has 1 aliphatic heterocycles. The third kappa shape index (κ3) is 3.57. The minimum absolute atomic E-state index is 0.0117. The second kappa shape index (κ2) is 7.51. The predicted molar refractivity (Wildman–Crippen MR) is 107 cm³/mol.